The minimum Gasteiger partial charge on any atom is -0.388 e. The minimum atomic E-state index is -3.48. The van der Waals surface area contributed by atoms with Crippen molar-refractivity contribution >= 4 is 27.4 Å². The first-order chi connectivity index (χ1) is 10.1. The van der Waals surface area contributed by atoms with Gasteiger partial charge in [-0.1, -0.05) is 30.3 Å². The highest BCUT2D eigenvalue weighted by Crippen LogP contribution is 2.18. The Balaban J connectivity index is 1.83. The van der Waals surface area contributed by atoms with E-state index in [0.29, 0.717) is 6.42 Å². The van der Waals surface area contributed by atoms with Gasteiger partial charge in [-0.15, -0.1) is 0 Å². The van der Waals surface area contributed by atoms with Crippen LogP contribution in [0.15, 0.2) is 52.6 Å². The Morgan fingerprint density at radius 2 is 2.00 bits per heavy atom. The average molecular weight is 323 g/mol. The predicted molar refractivity (Wildman–Crippen MR) is 86.3 cm³/mol. The van der Waals surface area contributed by atoms with Crippen LogP contribution < -0.4 is 4.72 Å². The first kappa shape index (κ1) is 15.9. The van der Waals surface area contributed by atoms with E-state index in [2.05, 4.69) is 4.72 Å². The molecule has 0 saturated heterocycles. The van der Waals surface area contributed by atoms with Crippen molar-refractivity contribution in [3.63, 3.8) is 0 Å². The van der Waals surface area contributed by atoms with Crippen molar-refractivity contribution in [3.8, 4) is 0 Å². The molecule has 0 radical (unpaired) electrons. The number of rotatable bonds is 7. The molecule has 1 aromatic carbocycles. The predicted octanol–water partition coefficient (Wildman–Crippen LogP) is 2.76. The van der Waals surface area contributed by atoms with E-state index >= 15 is 0 Å². The molecule has 0 spiro atoms. The van der Waals surface area contributed by atoms with Gasteiger partial charge in [0.15, 0.2) is 0 Å². The van der Waals surface area contributed by atoms with Gasteiger partial charge in [0.05, 0.1) is 6.10 Å². The molecule has 112 valence electrons. The van der Waals surface area contributed by atoms with Gasteiger partial charge in [-0.05, 0) is 40.5 Å². The summed E-state index contributed by atoms with van der Waals surface area (Å²) < 4.78 is 26.0. The SMILES string of the molecule is O=S(=O)(/C=C/c1ccccc1)NCCC(O)c1ccsc1. The number of sulfonamides is 1. The molecule has 0 bridgehead atoms. The van der Waals surface area contributed by atoms with Gasteiger partial charge >= 0.3 is 0 Å². The van der Waals surface area contributed by atoms with E-state index in [1.165, 1.54) is 17.4 Å². The average Bonchev–Trinajstić information content (AvgIpc) is 3.00. The molecule has 0 aliphatic carbocycles. The molecule has 6 heteroatoms. The van der Waals surface area contributed by atoms with Gasteiger partial charge in [0.25, 0.3) is 0 Å². The van der Waals surface area contributed by atoms with Crippen molar-refractivity contribution in [2.45, 2.75) is 12.5 Å². The number of thiophene rings is 1. The molecule has 2 rings (SSSR count). The Bertz CT molecular complexity index is 664. The summed E-state index contributed by atoms with van der Waals surface area (Å²) in [6.07, 6.45) is 1.24. The summed E-state index contributed by atoms with van der Waals surface area (Å²) in [6.45, 7) is 0.193. The van der Waals surface area contributed by atoms with E-state index in [9.17, 15) is 13.5 Å². The fourth-order valence-electron chi connectivity index (χ4n) is 1.75. The second-order valence-corrected chi connectivity index (χ2v) is 6.94. The van der Waals surface area contributed by atoms with Gasteiger partial charge in [-0.2, -0.15) is 11.3 Å². The number of nitrogens with one attached hydrogen (secondary N) is 1. The third kappa shape index (κ3) is 5.43. The second-order valence-electron chi connectivity index (χ2n) is 4.51. The highest BCUT2D eigenvalue weighted by Gasteiger charge is 2.10. The van der Waals surface area contributed by atoms with Crippen molar-refractivity contribution in [1.29, 1.82) is 0 Å². The standard InChI is InChI=1S/C15H17NO3S2/c17-15(14-7-10-20-12-14)6-9-16-21(18,19)11-8-13-4-2-1-3-5-13/h1-5,7-8,10-12,15-17H,6,9H2/b11-8+. The van der Waals surface area contributed by atoms with Crippen LogP contribution in [0.1, 0.15) is 23.7 Å². The van der Waals surface area contributed by atoms with E-state index in [-0.39, 0.29) is 6.54 Å². The fourth-order valence-corrected chi connectivity index (χ4v) is 3.29. The summed E-state index contributed by atoms with van der Waals surface area (Å²) in [4.78, 5) is 0. The van der Waals surface area contributed by atoms with Crippen molar-refractivity contribution in [2.24, 2.45) is 0 Å². The molecule has 0 amide bonds. The molecule has 4 nitrogen and oxygen atoms in total. The molecular weight excluding hydrogens is 306 g/mol. The topological polar surface area (TPSA) is 66.4 Å². The summed E-state index contributed by atoms with van der Waals surface area (Å²) >= 11 is 1.50. The Morgan fingerprint density at radius 1 is 1.24 bits per heavy atom. The van der Waals surface area contributed by atoms with E-state index in [1.807, 2.05) is 47.2 Å². The highest BCUT2D eigenvalue weighted by molar-refractivity contribution is 7.92. The molecular formula is C15H17NO3S2. The zero-order chi connectivity index (χ0) is 15.1. The van der Waals surface area contributed by atoms with Gasteiger partial charge < -0.3 is 5.11 Å². The molecule has 2 N–H and O–H groups in total. The van der Waals surface area contributed by atoms with Gasteiger partial charge in [0.1, 0.15) is 0 Å². The molecule has 1 unspecified atom stereocenters. The summed E-state index contributed by atoms with van der Waals surface area (Å²) in [5.41, 5.74) is 1.64. The summed E-state index contributed by atoms with van der Waals surface area (Å²) in [5.74, 6) is 0. The van der Waals surface area contributed by atoms with Crippen LogP contribution in [-0.4, -0.2) is 20.1 Å². The highest BCUT2D eigenvalue weighted by atomic mass is 32.2. The molecule has 0 fully saturated rings. The molecule has 0 aliphatic rings. The summed E-state index contributed by atoms with van der Waals surface area (Å²) in [7, 11) is -3.48. The Morgan fingerprint density at radius 3 is 2.67 bits per heavy atom. The smallest absolute Gasteiger partial charge is 0.233 e. The lowest BCUT2D eigenvalue weighted by atomic mass is 10.1. The largest absolute Gasteiger partial charge is 0.388 e. The van der Waals surface area contributed by atoms with Gasteiger partial charge in [-0.3, -0.25) is 0 Å². The minimum absolute atomic E-state index is 0.193. The summed E-state index contributed by atoms with van der Waals surface area (Å²) in [6, 6.07) is 11.0. The fraction of sp³-hybridized carbons (Fsp3) is 0.200. The van der Waals surface area contributed by atoms with Crippen LogP contribution in [0.5, 0.6) is 0 Å². The first-order valence-corrected chi connectivity index (χ1v) is 8.99. The maximum atomic E-state index is 11.8. The van der Waals surface area contributed by atoms with Gasteiger partial charge in [0, 0.05) is 12.0 Å². The van der Waals surface area contributed by atoms with Crippen molar-refractivity contribution in [3.05, 3.63) is 63.7 Å². The van der Waals surface area contributed by atoms with Gasteiger partial charge in [0.2, 0.25) is 10.0 Å². The van der Waals surface area contributed by atoms with Crippen LogP contribution in [0, 0.1) is 0 Å². The van der Waals surface area contributed by atoms with Crippen LogP contribution in [0.2, 0.25) is 0 Å². The Hall–Kier alpha value is -1.47. The van der Waals surface area contributed by atoms with E-state index in [1.54, 1.807) is 0 Å². The third-order valence-corrected chi connectivity index (χ3v) is 4.69. The number of hydrogen-bond donors (Lipinski definition) is 2. The number of hydrogen-bond acceptors (Lipinski definition) is 4. The van der Waals surface area contributed by atoms with E-state index < -0.39 is 16.1 Å². The lowest BCUT2D eigenvalue weighted by molar-refractivity contribution is 0.169. The maximum absolute atomic E-state index is 11.8. The molecule has 1 heterocycles. The van der Waals surface area contributed by atoms with E-state index in [4.69, 9.17) is 0 Å². The van der Waals surface area contributed by atoms with E-state index in [0.717, 1.165) is 16.5 Å². The summed E-state index contributed by atoms with van der Waals surface area (Å²) in [5, 5.41) is 14.7. The Kier molecular flexibility index (Phi) is 5.69. The number of benzene rings is 1. The van der Waals surface area contributed by atoms with Crippen molar-refractivity contribution in [2.75, 3.05) is 6.54 Å². The van der Waals surface area contributed by atoms with Crippen molar-refractivity contribution < 1.29 is 13.5 Å². The van der Waals surface area contributed by atoms with Crippen LogP contribution in [0.25, 0.3) is 6.08 Å². The first-order valence-electron chi connectivity index (χ1n) is 6.50. The lowest BCUT2D eigenvalue weighted by Crippen LogP contribution is -2.23. The maximum Gasteiger partial charge on any atom is 0.233 e. The lowest BCUT2D eigenvalue weighted by Gasteiger charge is -2.08. The quantitative estimate of drug-likeness (QED) is 0.823. The third-order valence-electron chi connectivity index (χ3n) is 2.89. The molecule has 1 aromatic heterocycles. The monoisotopic (exact) mass is 323 g/mol. The Labute approximate surface area is 128 Å². The normalized spacial score (nSPS) is 13.6. The van der Waals surface area contributed by atoms with Crippen LogP contribution in [0.3, 0.4) is 0 Å². The van der Waals surface area contributed by atoms with Crippen LogP contribution in [-0.2, 0) is 10.0 Å². The number of aliphatic hydroxyl groups excluding tert-OH is 1. The van der Waals surface area contributed by atoms with Gasteiger partial charge in [-0.25, -0.2) is 13.1 Å². The molecule has 0 saturated carbocycles. The molecule has 21 heavy (non-hydrogen) atoms. The molecule has 0 aliphatic heterocycles. The zero-order valence-electron chi connectivity index (χ0n) is 11.3. The zero-order valence-corrected chi connectivity index (χ0v) is 13.0. The second kappa shape index (κ2) is 7.51. The molecule has 2 aromatic rings. The van der Waals surface area contributed by atoms with Crippen molar-refractivity contribution in [1.82, 2.24) is 4.72 Å². The van der Waals surface area contributed by atoms with Crippen LogP contribution >= 0.6 is 11.3 Å². The number of aliphatic hydroxyl groups is 1. The van der Waals surface area contributed by atoms with Crippen LogP contribution in [0.4, 0.5) is 0 Å². The molecule has 1 atom stereocenters.